The van der Waals surface area contributed by atoms with E-state index in [1.165, 1.54) is 0 Å². The van der Waals surface area contributed by atoms with E-state index in [2.05, 4.69) is 35.8 Å². The molecular weight excluding hydrogens is 268 g/mol. The Kier molecular flexibility index (Phi) is 3.97. The molecule has 2 aliphatic rings. The third-order valence-corrected chi connectivity index (χ3v) is 4.43. The van der Waals surface area contributed by atoms with Gasteiger partial charge in [0.1, 0.15) is 0 Å². The first kappa shape index (κ1) is 14.5. The molecule has 1 atom stereocenters. The lowest BCUT2D eigenvalue weighted by molar-refractivity contribution is -0.134. The molecule has 1 amide bonds. The summed E-state index contributed by atoms with van der Waals surface area (Å²) >= 11 is 0. The average Bonchev–Trinajstić information content (AvgIpc) is 3.22. The summed E-state index contributed by atoms with van der Waals surface area (Å²) < 4.78 is 5.38. The Morgan fingerprint density at radius 1 is 1.19 bits per heavy atom. The Morgan fingerprint density at radius 2 is 1.86 bits per heavy atom. The number of piperazine rings is 1. The number of carbonyl (C=O) groups is 1. The van der Waals surface area contributed by atoms with Gasteiger partial charge in [0.15, 0.2) is 5.82 Å². The second-order valence-corrected chi connectivity index (χ2v) is 6.46. The molecule has 1 aromatic rings. The molecule has 1 unspecified atom stereocenters. The van der Waals surface area contributed by atoms with Crippen LogP contribution >= 0.6 is 0 Å². The molecule has 0 bridgehead atoms. The van der Waals surface area contributed by atoms with Crippen molar-refractivity contribution in [3.63, 3.8) is 0 Å². The second kappa shape index (κ2) is 5.75. The van der Waals surface area contributed by atoms with Crippen molar-refractivity contribution in [2.24, 2.45) is 5.92 Å². The Hall–Kier alpha value is -1.43. The highest BCUT2D eigenvalue weighted by Crippen LogP contribution is 2.31. The maximum absolute atomic E-state index is 12.1. The molecule has 1 saturated heterocycles. The van der Waals surface area contributed by atoms with Gasteiger partial charge in [0.25, 0.3) is 0 Å². The second-order valence-electron chi connectivity index (χ2n) is 6.46. The third-order valence-electron chi connectivity index (χ3n) is 4.43. The molecular formula is C15H24N4O2. The topological polar surface area (TPSA) is 62.5 Å². The molecule has 0 N–H and O–H groups in total. The zero-order valence-corrected chi connectivity index (χ0v) is 13.1. The smallest absolute Gasteiger partial charge is 0.243 e. The van der Waals surface area contributed by atoms with E-state index in [9.17, 15) is 4.79 Å². The summed E-state index contributed by atoms with van der Waals surface area (Å²) in [5.41, 5.74) is 0. The van der Waals surface area contributed by atoms with Gasteiger partial charge in [-0.2, -0.15) is 4.98 Å². The molecule has 1 aliphatic carbocycles. The number of nitrogens with zero attached hydrogens (tertiary/aromatic N) is 4. The fourth-order valence-corrected chi connectivity index (χ4v) is 2.73. The van der Waals surface area contributed by atoms with Crippen molar-refractivity contribution in [1.82, 2.24) is 19.9 Å². The van der Waals surface area contributed by atoms with Crippen molar-refractivity contribution in [2.75, 3.05) is 26.2 Å². The SMILES string of the molecule is CC(C)c1noc(C(C)N2CCN(C(=O)C3CC3)CC2)n1. The van der Waals surface area contributed by atoms with E-state index in [4.69, 9.17) is 4.52 Å². The normalized spacial score (nSPS) is 21.8. The van der Waals surface area contributed by atoms with Crippen LogP contribution in [-0.4, -0.2) is 52.0 Å². The summed E-state index contributed by atoms with van der Waals surface area (Å²) in [7, 11) is 0. The number of hydrogen-bond acceptors (Lipinski definition) is 5. The van der Waals surface area contributed by atoms with Crippen LogP contribution in [0.4, 0.5) is 0 Å². The monoisotopic (exact) mass is 292 g/mol. The third kappa shape index (κ3) is 3.10. The Balaban J connectivity index is 1.56. The quantitative estimate of drug-likeness (QED) is 0.847. The minimum atomic E-state index is 0.114. The summed E-state index contributed by atoms with van der Waals surface area (Å²) in [6.07, 6.45) is 2.16. The predicted molar refractivity (Wildman–Crippen MR) is 77.7 cm³/mol. The molecule has 116 valence electrons. The standard InChI is InChI=1S/C15H24N4O2/c1-10(2)13-16-14(21-17-13)11(3)18-6-8-19(9-7-18)15(20)12-4-5-12/h10-12H,4-9H2,1-3H3. The van der Waals surface area contributed by atoms with Crippen LogP contribution < -0.4 is 0 Å². The van der Waals surface area contributed by atoms with E-state index in [0.717, 1.165) is 44.8 Å². The maximum Gasteiger partial charge on any atom is 0.243 e. The Bertz CT molecular complexity index is 502. The van der Waals surface area contributed by atoms with Crippen LogP contribution in [0.1, 0.15) is 57.3 Å². The molecule has 2 fully saturated rings. The first-order chi connectivity index (χ1) is 10.1. The van der Waals surface area contributed by atoms with Crippen molar-refractivity contribution in [3.8, 4) is 0 Å². The van der Waals surface area contributed by atoms with Gasteiger partial charge in [-0.15, -0.1) is 0 Å². The summed E-state index contributed by atoms with van der Waals surface area (Å²) in [4.78, 5) is 20.9. The molecule has 1 saturated carbocycles. The number of amides is 1. The summed E-state index contributed by atoms with van der Waals surface area (Å²) in [6.45, 7) is 9.58. The van der Waals surface area contributed by atoms with E-state index >= 15 is 0 Å². The Labute approximate surface area is 125 Å². The molecule has 0 radical (unpaired) electrons. The number of aromatic nitrogens is 2. The molecule has 1 aromatic heterocycles. The highest BCUT2D eigenvalue weighted by Gasteiger charge is 2.35. The van der Waals surface area contributed by atoms with Crippen LogP contribution in [0, 0.1) is 5.92 Å². The zero-order valence-electron chi connectivity index (χ0n) is 13.1. The minimum absolute atomic E-state index is 0.114. The van der Waals surface area contributed by atoms with Gasteiger partial charge in [0.05, 0.1) is 6.04 Å². The summed E-state index contributed by atoms with van der Waals surface area (Å²) in [6, 6.07) is 0.114. The highest BCUT2D eigenvalue weighted by atomic mass is 16.5. The van der Waals surface area contributed by atoms with Gasteiger partial charge in [-0.3, -0.25) is 9.69 Å². The summed E-state index contributed by atoms with van der Waals surface area (Å²) in [5, 5.41) is 4.03. The molecule has 3 rings (SSSR count). The predicted octanol–water partition coefficient (Wildman–Crippen LogP) is 1.81. The molecule has 6 nitrogen and oxygen atoms in total. The van der Waals surface area contributed by atoms with Gasteiger partial charge >= 0.3 is 0 Å². The van der Waals surface area contributed by atoms with Crippen molar-refractivity contribution >= 4 is 5.91 Å². The minimum Gasteiger partial charge on any atom is -0.340 e. The van der Waals surface area contributed by atoms with Gasteiger partial charge in [0.2, 0.25) is 11.8 Å². The van der Waals surface area contributed by atoms with Crippen LogP contribution in [0.2, 0.25) is 0 Å². The van der Waals surface area contributed by atoms with Crippen LogP contribution in [0.5, 0.6) is 0 Å². The van der Waals surface area contributed by atoms with Gasteiger partial charge in [-0.25, -0.2) is 0 Å². The number of rotatable bonds is 4. The van der Waals surface area contributed by atoms with Gasteiger partial charge in [0, 0.05) is 38.0 Å². The fraction of sp³-hybridized carbons (Fsp3) is 0.800. The van der Waals surface area contributed by atoms with E-state index in [0.29, 0.717) is 17.7 Å². The fourth-order valence-electron chi connectivity index (χ4n) is 2.73. The van der Waals surface area contributed by atoms with E-state index < -0.39 is 0 Å². The number of hydrogen-bond donors (Lipinski definition) is 0. The van der Waals surface area contributed by atoms with E-state index in [1.807, 2.05) is 4.90 Å². The van der Waals surface area contributed by atoms with Gasteiger partial charge in [-0.05, 0) is 19.8 Å². The lowest BCUT2D eigenvalue weighted by Gasteiger charge is -2.36. The lowest BCUT2D eigenvalue weighted by atomic mass is 10.2. The Morgan fingerprint density at radius 3 is 2.38 bits per heavy atom. The van der Waals surface area contributed by atoms with Crippen molar-refractivity contribution < 1.29 is 9.32 Å². The van der Waals surface area contributed by atoms with E-state index in [-0.39, 0.29) is 12.0 Å². The van der Waals surface area contributed by atoms with Crippen molar-refractivity contribution in [2.45, 2.75) is 45.6 Å². The molecule has 21 heavy (non-hydrogen) atoms. The van der Waals surface area contributed by atoms with Crippen LogP contribution in [0.25, 0.3) is 0 Å². The van der Waals surface area contributed by atoms with Crippen LogP contribution in [0.15, 0.2) is 4.52 Å². The molecule has 1 aliphatic heterocycles. The highest BCUT2D eigenvalue weighted by molar-refractivity contribution is 5.81. The van der Waals surface area contributed by atoms with Gasteiger partial charge < -0.3 is 9.42 Å². The molecule has 2 heterocycles. The maximum atomic E-state index is 12.1. The largest absolute Gasteiger partial charge is 0.340 e. The van der Waals surface area contributed by atoms with Gasteiger partial charge in [-0.1, -0.05) is 19.0 Å². The number of carbonyl (C=O) groups excluding carboxylic acids is 1. The van der Waals surface area contributed by atoms with Crippen molar-refractivity contribution in [1.29, 1.82) is 0 Å². The molecule has 6 heteroatoms. The summed E-state index contributed by atoms with van der Waals surface area (Å²) in [5.74, 6) is 2.39. The molecule has 0 spiro atoms. The first-order valence-corrected chi connectivity index (χ1v) is 7.92. The van der Waals surface area contributed by atoms with E-state index in [1.54, 1.807) is 0 Å². The molecule has 0 aromatic carbocycles. The van der Waals surface area contributed by atoms with Crippen LogP contribution in [0.3, 0.4) is 0 Å². The van der Waals surface area contributed by atoms with Crippen LogP contribution in [-0.2, 0) is 4.79 Å². The average molecular weight is 292 g/mol. The first-order valence-electron chi connectivity index (χ1n) is 7.92. The lowest BCUT2D eigenvalue weighted by Crippen LogP contribution is -2.49. The van der Waals surface area contributed by atoms with Crippen molar-refractivity contribution in [3.05, 3.63) is 11.7 Å². The zero-order chi connectivity index (χ0) is 15.0.